The summed E-state index contributed by atoms with van der Waals surface area (Å²) in [6.07, 6.45) is 5.69. The predicted octanol–water partition coefficient (Wildman–Crippen LogP) is 14.1. The SMILES string of the molecule is CC(C)(C)c1ccnc(-n2c3ccc(-c4ccccc4)cc3c3ccc(Oc4cccc(-n5[c-][n+](-c6cc7c8ccccc8n8c9ccccc9c(c6)c78)c6ccccc65)c4)cc32)c1. The predicted molar refractivity (Wildman–Crippen MR) is 261 cm³/mol. The molecule has 0 saturated heterocycles. The molecule has 5 aromatic heterocycles. The molecule has 0 spiro atoms. The smallest absolute Gasteiger partial charge is 0.269 e. The highest BCUT2D eigenvalue weighted by atomic mass is 16.5. The second kappa shape index (κ2) is 13.6. The first-order chi connectivity index (χ1) is 31.4. The molecule has 13 rings (SSSR count). The Kier molecular flexibility index (Phi) is 7.76. The lowest BCUT2D eigenvalue weighted by Crippen LogP contribution is -2.29. The van der Waals surface area contributed by atoms with E-state index in [1.54, 1.807) is 0 Å². The summed E-state index contributed by atoms with van der Waals surface area (Å²) < 4.78 is 15.8. The van der Waals surface area contributed by atoms with Gasteiger partial charge in [0.25, 0.3) is 6.33 Å². The first kappa shape index (κ1) is 36.4. The Morgan fingerprint density at radius 2 is 1.19 bits per heavy atom. The number of pyridine rings is 1. The lowest BCUT2D eigenvalue weighted by molar-refractivity contribution is -0.572. The van der Waals surface area contributed by atoms with Crippen LogP contribution in [0.1, 0.15) is 26.3 Å². The summed E-state index contributed by atoms with van der Waals surface area (Å²) in [4.78, 5) is 4.94. The number of benzene rings is 8. The molecule has 13 aromatic rings. The third-order valence-corrected chi connectivity index (χ3v) is 13.0. The summed E-state index contributed by atoms with van der Waals surface area (Å²) in [5.41, 5.74) is 13.5. The number of nitrogens with zero attached hydrogens (tertiary/aromatic N) is 5. The van der Waals surface area contributed by atoms with Gasteiger partial charge in [-0.25, -0.2) is 4.98 Å². The van der Waals surface area contributed by atoms with Gasteiger partial charge >= 0.3 is 0 Å². The summed E-state index contributed by atoms with van der Waals surface area (Å²) in [7, 11) is 0. The number of fused-ring (bicyclic) bond motifs is 10. The lowest BCUT2D eigenvalue weighted by atomic mass is 9.88. The summed E-state index contributed by atoms with van der Waals surface area (Å²) >= 11 is 0. The van der Waals surface area contributed by atoms with E-state index in [1.807, 2.05) is 12.3 Å². The van der Waals surface area contributed by atoms with Crippen LogP contribution in [0, 0.1) is 6.33 Å². The van der Waals surface area contributed by atoms with Crippen molar-refractivity contribution in [3.8, 4) is 39.8 Å². The normalized spacial score (nSPS) is 12.3. The second-order valence-electron chi connectivity index (χ2n) is 17.9. The maximum absolute atomic E-state index is 6.79. The van der Waals surface area contributed by atoms with Gasteiger partial charge in [-0.2, -0.15) is 0 Å². The van der Waals surface area contributed by atoms with Crippen LogP contribution in [0.4, 0.5) is 0 Å². The zero-order valence-corrected chi connectivity index (χ0v) is 35.6. The minimum Gasteiger partial charge on any atom is -0.458 e. The second-order valence-corrected chi connectivity index (χ2v) is 17.9. The zero-order valence-electron chi connectivity index (χ0n) is 35.6. The first-order valence-electron chi connectivity index (χ1n) is 21.9. The van der Waals surface area contributed by atoms with Gasteiger partial charge in [-0.05, 0) is 101 Å². The van der Waals surface area contributed by atoms with Gasteiger partial charge in [0.1, 0.15) is 17.3 Å². The Morgan fingerprint density at radius 3 is 1.95 bits per heavy atom. The summed E-state index contributed by atoms with van der Waals surface area (Å²) in [6.45, 7) is 6.72. The molecule has 0 unspecified atom stereocenters. The van der Waals surface area contributed by atoms with Crippen LogP contribution in [0.15, 0.2) is 194 Å². The van der Waals surface area contributed by atoms with E-state index in [-0.39, 0.29) is 5.41 Å². The maximum Gasteiger partial charge on any atom is 0.269 e. The van der Waals surface area contributed by atoms with Crippen LogP contribution < -0.4 is 9.30 Å². The van der Waals surface area contributed by atoms with Gasteiger partial charge in [-0.15, -0.1) is 0 Å². The molecule has 64 heavy (non-hydrogen) atoms. The Balaban J connectivity index is 0.926. The minimum atomic E-state index is -0.0318. The molecule has 0 aliphatic heterocycles. The molecule has 0 atom stereocenters. The van der Waals surface area contributed by atoms with Crippen LogP contribution in [0.5, 0.6) is 11.5 Å². The molecule has 0 radical (unpaired) electrons. The molecular formula is C58H41N5O. The monoisotopic (exact) mass is 823 g/mol. The van der Waals surface area contributed by atoms with Crippen molar-refractivity contribution in [1.82, 2.24) is 18.5 Å². The van der Waals surface area contributed by atoms with E-state index >= 15 is 0 Å². The highest BCUT2D eigenvalue weighted by Gasteiger charge is 2.22. The van der Waals surface area contributed by atoms with Gasteiger partial charge in [-0.1, -0.05) is 124 Å². The number of para-hydroxylation sites is 4. The van der Waals surface area contributed by atoms with E-state index in [1.165, 1.54) is 60.2 Å². The minimum absolute atomic E-state index is 0.0318. The fourth-order valence-electron chi connectivity index (χ4n) is 9.96. The largest absolute Gasteiger partial charge is 0.458 e. The molecule has 0 fully saturated rings. The van der Waals surface area contributed by atoms with Gasteiger partial charge in [0.2, 0.25) is 0 Å². The van der Waals surface area contributed by atoms with Crippen LogP contribution in [0.25, 0.3) is 99.3 Å². The molecule has 8 aromatic carbocycles. The highest BCUT2D eigenvalue weighted by molar-refractivity contribution is 6.23. The van der Waals surface area contributed by atoms with Crippen molar-refractivity contribution < 1.29 is 9.30 Å². The first-order valence-corrected chi connectivity index (χ1v) is 21.9. The molecule has 5 heterocycles. The van der Waals surface area contributed by atoms with Crippen LogP contribution in [0.2, 0.25) is 0 Å². The maximum atomic E-state index is 6.79. The fourth-order valence-corrected chi connectivity index (χ4v) is 9.96. The van der Waals surface area contributed by atoms with E-state index in [0.29, 0.717) is 0 Å². The Hall–Kier alpha value is -8.22. The molecule has 0 bridgehead atoms. The lowest BCUT2D eigenvalue weighted by Gasteiger charge is -2.20. The summed E-state index contributed by atoms with van der Waals surface area (Å²) in [5, 5.41) is 7.26. The number of imidazole rings is 1. The van der Waals surface area contributed by atoms with Crippen molar-refractivity contribution in [2.45, 2.75) is 26.2 Å². The standard InChI is InChI=1S/C58H41N5O/c1-58(2,3)39-28-29-59-56(31-39)62-52-27-24-38(37-14-5-4-6-15-37)30-47(52)46-26-25-43(35-55(46)62)64-42-17-13-16-40(32-42)60-36-61(54-23-12-11-22-53(54)60)41-33-48-44-18-7-9-20-50(44)63-51-21-10-8-19-45(51)49(34-41)57(48)63/h4-35H,1-3H3. The van der Waals surface area contributed by atoms with Crippen LogP contribution in [0.3, 0.4) is 0 Å². The van der Waals surface area contributed by atoms with Crippen molar-refractivity contribution in [1.29, 1.82) is 0 Å². The van der Waals surface area contributed by atoms with E-state index in [2.05, 4.69) is 227 Å². The van der Waals surface area contributed by atoms with Crippen molar-refractivity contribution in [2.24, 2.45) is 0 Å². The number of aromatic nitrogens is 5. The van der Waals surface area contributed by atoms with Crippen LogP contribution in [-0.2, 0) is 5.41 Å². The van der Waals surface area contributed by atoms with Crippen molar-refractivity contribution in [2.75, 3.05) is 0 Å². The van der Waals surface area contributed by atoms with Crippen LogP contribution >= 0.6 is 0 Å². The molecule has 0 N–H and O–H groups in total. The average Bonchev–Trinajstić information content (AvgIpc) is 4.07. The number of ether oxygens (including phenoxy) is 1. The molecule has 6 nitrogen and oxygen atoms in total. The molecule has 6 heteroatoms. The van der Waals surface area contributed by atoms with Gasteiger partial charge in [0, 0.05) is 44.6 Å². The molecule has 0 aliphatic carbocycles. The van der Waals surface area contributed by atoms with Crippen LogP contribution in [-0.4, -0.2) is 18.5 Å². The Morgan fingerprint density at radius 1 is 0.500 bits per heavy atom. The average molecular weight is 824 g/mol. The summed E-state index contributed by atoms with van der Waals surface area (Å²) in [6, 6.07) is 66.9. The third-order valence-electron chi connectivity index (χ3n) is 13.0. The third kappa shape index (κ3) is 5.52. The Labute approximate surface area is 369 Å². The number of hydrogen-bond donors (Lipinski definition) is 0. The molecular weight excluding hydrogens is 783 g/mol. The van der Waals surface area contributed by atoms with Gasteiger partial charge in [0.05, 0.1) is 50.0 Å². The zero-order chi connectivity index (χ0) is 42.7. The Bertz CT molecular complexity index is 3890. The van der Waals surface area contributed by atoms with Gasteiger partial charge < -0.3 is 9.14 Å². The molecule has 0 saturated carbocycles. The molecule has 304 valence electrons. The molecule has 0 aliphatic rings. The fraction of sp³-hybridized carbons (Fsp3) is 0.0690. The van der Waals surface area contributed by atoms with E-state index < -0.39 is 0 Å². The molecule has 0 amide bonds. The van der Waals surface area contributed by atoms with Gasteiger partial charge in [-0.3, -0.25) is 13.7 Å². The van der Waals surface area contributed by atoms with Crippen molar-refractivity contribution in [3.05, 3.63) is 206 Å². The van der Waals surface area contributed by atoms with Gasteiger partial charge in [0.15, 0.2) is 0 Å². The number of rotatable bonds is 6. The van der Waals surface area contributed by atoms with Crippen molar-refractivity contribution >= 4 is 70.9 Å². The highest BCUT2D eigenvalue weighted by Crippen LogP contribution is 2.41. The van der Waals surface area contributed by atoms with E-state index in [0.717, 1.165) is 56.1 Å². The van der Waals surface area contributed by atoms with E-state index in [9.17, 15) is 0 Å². The quantitative estimate of drug-likeness (QED) is 0.124. The summed E-state index contributed by atoms with van der Waals surface area (Å²) in [5.74, 6) is 2.35. The number of hydrogen-bond acceptors (Lipinski definition) is 2. The van der Waals surface area contributed by atoms with E-state index in [4.69, 9.17) is 9.72 Å². The van der Waals surface area contributed by atoms with Crippen molar-refractivity contribution in [3.63, 3.8) is 0 Å². The topological polar surface area (TPSA) is 40.3 Å².